The number of rotatable bonds is 5. The van der Waals surface area contributed by atoms with E-state index in [9.17, 15) is 0 Å². The molecule has 0 spiro atoms. The van der Waals surface area contributed by atoms with Gasteiger partial charge in [-0.05, 0) is 19.3 Å². The largest absolute Gasteiger partial charge is 0.326 e. The summed E-state index contributed by atoms with van der Waals surface area (Å²) in [5.74, 6) is 0. The zero-order valence-corrected chi connectivity index (χ0v) is 11.6. The van der Waals surface area contributed by atoms with E-state index >= 15 is 0 Å². The van der Waals surface area contributed by atoms with E-state index in [-0.39, 0.29) is 6.04 Å². The van der Waals surface area contributed by atoms with Gasteiger partial charge in [-0.25, -0.2) is 0 Å². The molecule has 0 saturated heterocycles. The monoisotopic (exact) mass is 253 g/mol. The van der Waals surface area contributed by atoms with Gasteiger partial charge in [0.15, 0.2) is 0 Å². The molecule has 0 aliphatic heterocycles. The maximum Gasteiger partial charge on any atom is 0.0533 e. The molecule has 0 amide bonds. The van der Waals surface area contributed by atoms with Crippen LogP contribution in [0.4, 0.5) is 0 Å². The van der Waals surface area contributed by atoms with Crippen molar-refractivity contribution in [2.24, 2.45) is 12.8 Å². The minimum atomic E-state index is 0.241. The van der Waals surface area contributed by atoms with Crippen molar-refractivity contribution in [2.75, 3.05) is 0 Å². The van der Waals surface area contributed by atoms with E-state index in [4.69, 9.17) is 5.73 Å². The molecule has 1 heterocycles. The Morgan fingerprint density at radius 2 is 2.24 bits per heavy atom. The summed E-state index contributed by atoms with van der Waals surface area (Å²) in [6, 6.07) is 0.241. The molecule has 3 nitrogen and oxygen atoms in total. The highest BCUT2D eigenvalue weighted by Gasteiger charge is 2.26. The number of hydrogen-bond donors (Lipinski definition) is 1. The van der Waals surface area contributed by atoms with Crippen LogP contribution < -0.4 is 5.73 Å². The maximum absolute atomic E-state index is 6.28. The first-order chi connectivity index (χ1) is 8.20. The highest BCUT2D eigenvalue weighted by molar-refractivity contribution is 8.00. The van der Waals surface area contributed by atoms with Crippen LogP contribution in [-0.2, 0) is 7.05 Å². The molecule has 2 N–H and O–H groups in total. The van der Waals surface area contributed by atoms with Crippen LogP contribution >= 0.6 is 11.8 Å². The van der Waals surface area contributed by atoms with Gasteiger partial charge < -0.3 is 5.73 Å². The molecule has 96 valence electrons. The van der Waals surface area contributed by atoms with Crippen molar-refractivity contribution in [2.45, 2.75) is 55.6 Å². The summed E-state index contributed by atoms with van der Waals surface area (Å²) >= 11 is 2.07. The number of aromatic nitrogens is 2. The van der Waals surface area contributed by atoms with Crippen molar-refractivity contribution in [3.05, 3.63) is 18.0 Å². The van der Waals surface area contributed by atoms with Crippen LogP contribution in [0.25, 0.3) is 0 Å². The standard InChI is InChI=1S/C13H23N3S/c1-3-12(14)13(10-8-15-16(2)9-10)17-11-6-4-5-7-11/h8-9,11-13H,3-7,14H2,1-2H3. The Kier molecular flexibility index (Phi) is 4.51. The molecule has 2 unspecified atom stereocenters. The number of thioether (sulfide) groups is 1. The van der Waals surface area contributed by atoms with E-state index in [1.165, 1.54) is 31.2 Å². The summed E-state index contributed by atoms with van der Waals surface area (Å²) in [6.45, 7) is 2.17. The average molecular weight is 253 g/mol. The molecule has 0 radical (unpaired) electrons. The molecule has 0 bridgehead atoms. The third kappa shape index (κ3) is 3.26. The highest BCUT2D eigenvalue weighted by Crippen LogP contribution is 2.41. The second-order valence-electron chi connectivity index (χ2n) is 4.98. The third-order valence-electron chi connectivity index (χ3n) is 3.55. The van der Waals surface area contributed by atoms with Crippen LogP contribution in [0.15, 0.2) is 12.4 Å². The van der Waals surface area contributed by atoms with Gasteiger partial charge in [0, 0.05) is 35.3 Å². The van der Waals surface area contributed by atoms with E-state index < -0.39 is 0 Å². The Labute approximate surface area is 108 Å². The molecule has 1 saturated carbocycles. The van der Waals surface area contributed by atoms with Gasteiger partial charge in [0.2, 0.25) is 0 Å². The van der Waals surface area contributed by atoms with Crippen molar-refractivity contribution in [1.82, 2.24) is 9.78 Å². The molecule has 1 fully saturated rings. The lowest BCUT2D eigenvalue weighted by Crippen LogP contribution is -2.26. The van der Waals surface area contributed by atoms with Gasteiger partial charge in [0.1, 0.15) is 0 Å². The second-order valence-corrected chi connectivity index (χ2v) is 6.43. The molecule has 2 atom stereocenters. The van der Waals surface area contributed by atoms with Crippen molar-refractivity contribution >= 4 is 11.8 Å². The van der Waals surface area contributed by atoms with Gasteiger partial charge in [0.05, 0.1) is 6.20 Å². The average Bonchev–Trinajstić information content (AvgIpc) is 2.96. The Hall–Kier alpha value is -0.480. The zero-order chi connectivity index (χ0) is 12.3. The summed E-state index contributed by atoms with van der Waals surface area (Å²) in [7, 11) is 1.97. The van der Waals surface area contributed by atoms with E-state index in [0.29, 0.717) is 5.25 Å². The lowest BCUT2D eigenvalue weighted by atomic mass is 10.1. The number of aryl methyl sites for hydroxylation is 1. The first kappa shape index (κ1) is 13.0. The molecule has 17 heavy (non-hydrogen) atoms. The van der Waals surface area contributed by atoms with Crippen LogP contribution in [-0.4, -0.2) is 21.1 Å². The summed E-state index contributed by atoms with van der Waals surface area (Å²) in [4.78, 5) is 0. The first-order valence-corrected chi connectivity index (χ1v) is 7.54. The molecule has 1 aliphatic rings. The molecular formula is C13H23N3S. The SMILES string of the molecule is CCC(N)C(SC1CCCC1)c1cnn(C)c1. The van der Waals surface area contributed by atoms with Gasteiger partial charge in [-0.2, -0.15) is 5.10 Å². The van der Waals surface area contributed by atoms with Crippen molar-refractivity contribution in [3.8, 4) is 0 Å². The number of nitrogens with zero attached hydrogens (tertiary/aromatic N) is 2. The lowest BCUT2D eigenvalue weighted by Gasteiger charge is -2.24. The van der Waals surface area contributed by atoms with Crippen LogP contribution in [0.5, 0.6) is 0 Å². The van der Waals surface area contributed by atoms with Gasteiger partial charge in [0.25, 0.3) is 0 Å². The van der Waals surface area contributed by atoms with E-state index in [0.717, 1.165) is 11.7 Å². The fourth-order valence-electron chi connectivity index (χ4n) is 2.46. The third-order valence-corrected chi connectivity index (χ3v) is 5.33. The smallest absolute Gasteiger partial charge is 0.0533 e. The molecule has 1 aromatic rings. The van der Waals surface area contributed by atoms with Crippen LogP contribution in [0.1, 0.15) is 49.8 Å². The van der Waals surface area contributed by atoms with Crippen molar-refractivity contribution < 1.29 is 0 Å². The first-order valence-electron chi connectivity index (χ1n) is 6.60. The van der Waals surface area contributed by atoms with E-state index in [1.807, 2.05) is 17.9 Å². The van der Waals surface area contributed by atoms with Crippen molar-refractivity contribution in [3.63, 3.8) is 0 Å². The highest BCUT2D eigenvalue weighted by atomic mass is 32.2. The number of nitrogens with two attached hydrogens (primary N) is 1. The Bertz CT molecular complexity index is 344. The molecule has 2 rings (SSSR count). The fourth-order valence-corrected chi connectivity index (χ4v) is 4.15. The van der Waals surface area contributed by atoms with Crippen LogP contribution in [0, 0.1) is 0 Å². The van der Waals surface area contributed by atoms with Gasteiger partial charge in [-0.15, -0.1) is 11.8 Å². The molecular weight excluding hydrogens is 230 g/mol. The van der Waals surface area contributed by atoms with Crippen LogP contribution in [0.2, 0.25) is 0 Å². The summed E-state index contributed by atoms with van der Waals surface area (Å²) in [6.07, 6.45) is 10.6. The minimum Gasteiger partial charge on any atom is -0.326 e. The quantitative estimate of drug-likeness (QED) is 0.877. The Morgan fingerprint density at radius 3 is 2.76 bits per heavy atom. The van der Waals surface area contributed by atoms with Gasteiger partial charge in [-0.1, -0.05) is 19.8 Å². The normalized spacial score (nSPS) is 20.6. The fraction of sp³-hybridized carbons (Fsp3) is 0.769. The molecule has 1 aromatic heterocycles. The molecule has 0 aromatic carbocycles. The Balaban J connectivity index is 2.07. The summed E-state index contributed by atoms with van der Waals surface area (Å²) < 4.78 is 1.87. The Morgan fingerprint density at radius 1 is 1.53 bits per heavy atom. The predicted octanol–water partition coefficient (Wildman–Crippen LogP) is 2.87. The van der Waals surface area contributed by atoms with Crippen molar-refractivity contribution in [1.29, 1.82) is 0 Å². The van der Waals surface area contributed by atoms with Crippen LogP contribution in [0.3, 0.4) is 0 Å². The maximum atomic E-state index is 6.28. The zero-order valence-electron chi connectivity index (χ0n) is 10.8. The topological polar surface area (TPSA) is 43.8 Å². The van der Waals surface area contributed by atoms with E-state index in [2.05, 4.69) is 30.0 Å². The molecule has 1 aliphatic carbocycles. The lowest BCUT2D eigenvalue weighted by molar-refractivity contribution is 0.630. The summed E-state index contributed by atoms with van der Waals surface area (Å²) in [5, 5.41) is 5.49. The minimum absolute atomic E-state index is 0.241. The molecule has 4 heteroatoms. The predicted molar refractivity (Wildman–Crippen MR) is 74.1 cm³/mol. The van der Waals surface area contributed by atoms with E-state index in [1.54, 1.807) is 0 Å². The van der Waals surface area contributed by atoms with Gasteiger partial charge >= 0.3 is 0 Å². The summed E-state index contributed by atoms with van der Waals surface area (Å²) in [5.41, 5.74) is 7.57. The second kappa shape index (κ2) is 5.91. The van der Waals surface area contributed by atoms with Gasteiger partial charge in [-0.3, -0.25) is 4.68 Å². The number of hydrogen-bond acceptors (Lipinski definition) is 3.